The first-order valence-corrected chi connectivity index (χ1v) is 6.66. The predicted octanol–water partition coefficient (Wildman–Crippen LogP) is 3.88. The lowest BCUT2D eigenvalue weighted by atomic mass is 10.3. The van der Waals surface area contributed by atoms with Crippen LogP contribution in [0.4, 0.5) is 0 Å². The van der Waals surface area contributed by atoms with E-state index in [0.29, 0.717) is 0 Å². The van der Waals surface area contributed by atoms with Gasteiger partial charge in [0.25, 0.3) is 0 Å². The van der Waals surface area contributed by atoms with Gasteiger partial charge >= 0.3 is 0 Å². The molecule has 90 valence electrons. The molecule has 2 heterocycles. The van der Waals surface area contributed by atoms with E-state index in [9.17, 15) is 0 Å². The molecular formula is C14H12BrN3. The van der Waals surface area contributed by atoms with Crippen molar-refractivity contribution in [2.45, 2.75) is 13.5 Å². The normalized spacial score (nSPS) is 11.0. The standard InChI is InChI=1S/C14H12BrN3/c1-2-18-13-6-4-3-5-11(13)17-14(18)12-8-7-10(15)9-16-12/h3-9H,2H2,1H3. The number of nitrogens with zero attached hydrogens (tertiary/aromatic N) is 3. The molecule has 0 fully saturated rings. The Kier molecular flexibility index (Phi) is 2.88. The Balaban J connectivity index is 2.25. The monoisotopic (exact) mass is 301 g/mol. The van der Waals surface area contributed by atoms with Gasteiger partial charge in [-0.3, -0.25) is 4.98 Å². The molecule has 0 bridgehead atoms. The molecule has 0 spiro atoms. The first-order chi connectivity index (χ1) is 8.79. The summed E-state index contributed by atoms with van der Waals surface area (Å²) in [4.78, 5) is 9.09. The Morgan fingerprint density at radius 3 is 2.72 bits per heavy atom. The fourth-order valence-electron chi connectivity index (χ4n) is 2.10. The predicted molar refractivity (Wildman–Crippen MR) is 76.3 cm³/mol. The molecule has 2 aromatic heterocycles. The van der Waals surface area contributed by atoms with Crippen molar-refractivity contribution in [2.75, 3.05) is 0 Å². The third-order valence-electron chi connectivity index (χ3n) is 2.93. The summed E-state index contributed by atoms with van der Waals surface area (Å²) in [7, 11) is 0. The highest BCUT2D eigenvalue weighted by atomic mass is 79.9. The average molecular weight is 302 g/mol. The van der Waals surface area contributed by atoms with Gasteiger partial charge in [-0.2, -0.15) is 0 Å². The molecule has 0 radical (unpaired) electrons. The van der Waals surface area contributed by atoms with Gasteiger partial charge in [-0.05, 0) is 47.1 Å². The smallest absolute Gasteiger partial charge is 0.159 e. The second-order valence-electron chi connectivity index (χ2n) is 4.03. The number of rotatable bonds is 2. The van der Waals surface area contributed by atoms with Crippen molar-refractivity contribution in [3.05, 3.63) is 47.1 Å². The first-order valence-electron chi connectivity index (χ1n) is 5.87. The maximum absolute atomic E-state index is 4.67. The maximum Gasteiger partial charge on any atom is 0.159 e. The van der Waals surface area contributed by atoms with Crippen molar-refractivity contribution in [1.29, 1.82) is 0 Å². The summed E-state index contributed by atoms with van der Waals surface area (Å²) in [6.07, 6.45) is 1.80. The summed E-state index contributed by atoms with van der Waals surface area (Å²) in [5.74, 6) is 0.922. The van der Waals surface area contributed by atoms with Gasteiger partial charge in [0.15, 0.2) is 5.82 Å². The number of aryl methyl sites for hydroxylation is 1. The van der Waals surface area contributed by atoms with E-state index in [1.807, 2.05) is 30.3 Å². The van der Waals surface area contributed by atoms with E-state index < -0.39 is 0 Å². The van der Waals surface area contributed by atoms with Crippen molar-refractivity contribution >= 4 is 27.0 Å². The molecule has 0 unspecified atom stereocenters. The van der Waals surface area contributed by atoms with Gasteiger partial charge in [0.2, 0.25) is 0 Å². The number of pyridine rings is 1. The number of fused-ring (bicyclic) bond motifs is 1. The fourth-order valence-corrected chi connectivity index (χ4v) is 2.33. The molecule has 0 aliphatic carbocycles. The molecule has 3 nitrogen and oxygen atoms in total. The number of imidazole rings is 1. The lowest BCUT2D eigenvalue weighted by molar-refractivity contribution is 0.793. The van der Waals surface area contributed by atoms with Crippen LogP contribution in [0.25, 0.3) is 22.6 Å². The molecule has 0 N–H and O–H groups in total. The second-order valence-corrected chi connectivity index (χ2v) is 4.95. The van der Waals surface area contributed by atoms with E-state index in [2.05, 4.69) is 43.5 Å². The third kappa shape index (κ3) is 1.82. The minimum absolute atomic E-state index is 0.883. The van der Waals surface area contributed by atoms with E-state index in [4.69, 9.17) is 0 Å². The van der Waals surface area contributed by atoms with Gasteiger partial charge in [0.05, 0.1) is 11.0 Å². The number of benzene rings is 1. The van der Waals surface area contributed by atoms with Gasteiger partial charge in [-0.15, -0.1) is 0 Å². The Bertz CT molecular complexity index is 686. The zero-order valence-electron chi connectivity index (χ0n) is 9.97. The van der Waals surface area contributed by atoms with E-state index in [-0.39, 0.29) is 0 Å². The Labute approximate surface area is 114 Å². The van der Waals surface area contributed by atoms with Crippen LogP contribution < -0.4 is 0 Å². The summed E-state index contributed by atoms with van der Waals surface area (Å²) < 4.78 is 3.16. The topological polar surface area (TPSA) is 30.7 Å². The van der Waals surface area contributed by atoms with E-state index in [1.165, 1.54) is 0 Å². The Hall–Kier alpha value is -1.68. The van der Waals surface area contributed by atoms with Crippen LogP contribution in [0.2, 0.25) is 0 Å². The van der Waals surface area contributed by atoms with Crippen molar-refractivity contribution in [3.8, 4) is 11.5 Å². The zero-order valence-corrected chi connectivity index (χ0v) is 11.6. The Morgan fingerprint density at radius 1 is 1.17 bits per heavy atom. The molecule has 0 aliphatic rings. The zero-order chi connectivity index (χ0) is 12.5. The van der Waals surface area contributed by atoms with Crippen molar-refractivity contribution in [2.24, 2.45) is 0 Å². The lowest BCUT2D eigenvalue weighted by Gasteiger charge is -2.05. The molecular weight excluding hydrogens is 290 g/mol. The molecule has 0 saturated heterocycles. The minimum atomic E-state index is 0.883. The summed E-state index contributed by atoms with van der Waals surface area (Å²) in [5, 5.41) is 0. The van der Waals surface area contributed by atoms with Gasteiger partial charge in [-0.25, -0.2) is 4.98 Å². The summed E-state index contributed by atoms with van der Waals surface area (Å²) in [6, 6.07) is 12.1. The third-order valence-corrected chi connectivity index (χ3v) is 3.40. The number of aromatic nitrogens is 3. The summed E-state index contributed by atoms with van der Waals surface area (Å²) in [5.41, 5.74) is 3.06. The largest absolute Gasteiger partial charge is 0.323 e. The molecule has 0 saturated carbocycles. The summed E-state index contributed by atoms with van der Waals surface area (Å²) >= 11 is 3.40. The van der Waals surface area contributed by atoms with Gasteiger partial charge in [0.1, 0.15) is 5.69 Å². The van der Waals surface area contributed by atoms with E-state index >= 15 is 0 Å². The molecule has 0 aliphatic heterocycles. The van der Waals surface area contributed by atoms with Crippen molar-refractivity contribution < 1.29 is 0 Å². The van der Waals surface area contributed by atoms with Crippen LogP contribution in [0.5, 0.6) is 0 Å². The van der Waals surface area contributed by atoms with Crippen molar-refractivity contribution in [1.82, 2.24) is 14.5 Å². The van der Waals surface area contributed by atoms with Gasteiger partial charge in [0, 0.05) is 17.2 Å². The average Bonchev–Trinajstić information content (AvgIpc) is 2.78. The number of para-hydroxylation sites is 2. The molecule has 0 amide bonds. The van der Waals surface area contributed by atoms with Crippen LogP contribution in [0, 0.1) is 0 Å². The van der Waals surface area contributed by atoms with Crippen molar-refractivity contribution in [3.63, 3.8) is 0 Å². The molecule has 1 aromatic carbocycles. The van der Waals surface area contributed by atoms with E-state index in [1.54, 1.807) is 6.20 Å². The van der Waals surface area contributed by atoms with Gasteiger partial charge < -0.3 is 4.57 Å². The summed E-state index contributed by atoms with van der Waals surface area (Å²) in [6.45, 7) is 3.00. The number of hydrogen-bond acceptors (Lipinski definition) is 2. The molecule has 18 heavy (non-hydrogen) atoms. The second kappa shape index (κ2) is 4.53. The van der Waals surface area contributed by atoms with E-state index in [0.717, 1.165) is 33.6 Å². The number of hydrogen-bond donors (Lipinski definition) is 0. The molecule has 3 rings (SSSR count). The van der Waals surface area contributed by atoms with Crippen LogP contribution in [-0.2, 0) is 6.54 Å². The lowest BCUT2D eigenvalue weighted by Crippen LogP contribution is -1.98. The molecule has 0 atom stereocenters. The van der Waals surface area contributed by atoms with Crippen LogP contribution in [-0.4, -0.2) is 14.5 Å². The van der Waals surface area contributed by atoms with Gasteiger partial charge in [-0.1, -0.05) is 12.1 Å². The highest BCUT2D eigenvalue weighted by molar-refractivity contribution is 9.10. The number of halogens is 1. The Morgan fingerprint density at radius 2 is 2.00 bits per heavy atom. The van der Waals surface area contributed by atoms with Crippen LogP contribution >= 0.6 is 15.9 Å². The quantitative estimate of drug-likeness (QED) is 0.719. The highest BCUT2D eigenvalue weighted by Gasteiger charge is 2.11. The molecule has 3 aromatic rings. The minimum Gasteiger partial charge on any atom is -0.323 e. The SMILES string of the molecule is CCn1c(-c2ccc(Br)cn2)nc2ccccc21. The highest BCUT2D eigenvalue weighted by Crippen LogP contribution is 2.23. The maximum atomic E-state index is 4.67. The van der Waals surface area contributed by atoms with Crippen LogP contribution in [0.15, 0.2) is 47.1 Å². The van der Waals surface area contributed by atoms with Crippen LogP contribution in [0.3, 0.4) is 0 Å². The molecule has 4 heteroatoms. The van der Waals surface area contributed by atoms with Crippen LogP contribution in [0.1, 0.15) is 6.92 Å². The first kappa shape index (κ1) is 11.4. The fraction of sp³-hybridized carbons (Fsp3) is 0.143.